The van der Waals surface area contributed by atoms with E-state index in [1.165, 1.54) is 42.5 Å². The number of nitrogens with one attached hydrogen (secondary N) is 1. The quantitative estimate of drug-likeness (QED) is 0.427. The Hall–Kier alpha value is -3.89. The van der Waals surface area contributed by atoms with Crippen LogP contribution in [-0.2, 0) is 4.79 Å². The van der Waals surface area contributed by atoms with Crippen LogP contribution in [-0.4, -0.2) is 21.6 Å². The Morgan fingerprint density at radius 3 is 2.58 bits per heavy atom. The normalized spacial score (nSPS) is 11.1. The van der Waals surface area contributed by atoms with Crippen molar-refractivity contribution in [2.24, 2.45) is 0 Å². The molecular formula is C23H17ClFN3O3. The molecule has 0 radical (unpaired) electrons. The van der Waals surface area contributed by atoms with Crippen LogP contribution in [0.15, 0.2) is 54.1 Å². The molecule has 0 atom stereocenters. The lowest BCUT2D eigenvalue weighted by molar-refractivity contribution is -0.112. The number of benzene rings is 2. The van der Waals surface area contributed by atoms with E-state index in [0.717, 1.165) is 11.4 Å². The number of aromatic carboxylic acids is 1. The van der Waals surface area contributed by atoms with Gasteiger partial charge in [0.05, 0.1) is 10.6 Å². The first-order chi connectivity index (χ1) is 14.7. The minimum Gasteiger partial charge on any atom is -0.478 e. The van der Waals surface area contributed by atoms with Gasteiger partial charge in [-0.15, -0.1) is 0 Å². The number of carboxylic acid groups (broad SMARTS) is 1. The van der Waals surface area contributed by atoms with Gasteiger partial charge >= 0.3 is 5.97 Å². The lowest BCUT2D eigenvalue weighted by Gasteiger charge is -2.10. The Balaban J connectivity index is 1.93. The molecule has 0 saturated heterocycles. The maximum absolute atomic E-state index is 13.5. The Morgan fingerprint density at radius 2 is 1.94 bits per heavy atom. The molecule has 31 heavy (non-hydrogen) atoms. The largest absolute Gasteiger partial charge is 0.478 e. The van der Waals surface area contributed by atoms with Crippen molar-refractivity contribution >= 4 is 35.2 Å². The fourth-order valence-corrected chi connectivity index (χ4v) is 3.36. The third-order valence-electron chi connectivity index (χ3n) is 4.66. The van der Waals surface area contributed by atoms with Crippen molar-refractivity contribution < 1.29 is 19.1 Å². The molecule has 0 aliphatic heterocycles. The highest BCUT2D eigenvalue weighted by Crippen LogP contribution is 2.26. The number of anilines is 1. The number of halogens is 2. The van der Waals surface area contributed by atoms with Gasteiger partial charge < -0.3 is 15.0 Å². The molecule has 8 heteroatoms. The van der Waals surface area contributed by atoms with Crippen LogP contribution in [0, 0.1) is 31.0 Å². The maximum atomic E-state index is 13.5. The van der Waals surface area contributed by atoms with Gasteiger partial charge in [0.15, 0.2) is 0 Å². The van der Waals surface area contributed by atoms with Crippen LogP contribution in [0.3, 0.4) is 0 Å². The van der Waals surface area contributed by atoms with Crippen LogP contribution in [0.2, 0.25) is 5.02 Å². The van der Waals surface area contributed by atoms with Crippen molar-refractivity contribution in [2.45, 2.75) is 13.8 Å². The van der Waals surface area contributed by atoms with Crippen LogP contribution in [0.4, 0.5) is 10.1 Å². The van der Waals surface area contributed by atoms with Crippen molar-refractivity contribution in [3.63, 3.8) is 0 Å². The van der Waals surface area contributed by atoms with Crippen molar-refractivity contribution in [1.29, 1.82) is 5.26 Å². The van der Waals surface area contributed by atoms with E-state index in [2.05, 4.69) is 5.32 Å². The fraction of sp³-hybridized carbons (Fsp3) is 0.0870. The first-order valence-corrected chi connectivity index (χ1v) is 9.50. The number of aryl methyl sites for hydroxylation is 1. The molecular weight excluding hydrogens is 421 g/mol. The molecule has 3 rings (SSSR count). The van der Waals surface area contributed by atoms with E-state index in [1.54, 1.807) is 19.1 Å². The number of carboxylic acids is 1. The molecule has 0 aliphatic carbocycles. The molecule has 0 unspecified atom stereocenters. The molecule has 0 spiro atoms. The van der Waals surface area contributed by atoms with E-state index in [4.69, 9.17) is 16.7 Å². The molecule has 2 N–H and O–H groups in total. The van der Waals surface area contributed by atoms with Crippen molar-refractivity contribution in [3.05, 3.63) is 87.5 Å². The van der Waals surface area contributed by atoms with E-state index in [1.807, 2.05) is 17.6 Å². The first-order valence-electron chi connectivity index (χ1n) is 9.12. The van der Waals surface area contributed by atoms with E-state index in [-0.39, 0.29) is 21.8 Å². The molecule has 6 nitrogen and oxygen atoms in total. The minimum atomic E-state index is -1.12. The summed E-state index contributed by atoms with van der Waals surface area (Å²) in [7, 11) is 0. The Morgan fingerprint density at radius 1 is 1.19 bits per heavy atom. The third kappa shape index (κ3) is 4.65. The Labute approximate surface area is 182 Å². The number of hydrogen-bond acceptors (Lipinski definition) is 3. The summed E-state index contributed by atoms with van der Waals surface area (Å²) in [6.07, 6.45) is 1.44. The molecule has 1 heterocycles. The lowest BCUT2D eigenvalue weighted by atomic mass is 10.1. The monoisotopic (exact) mass is 437 g/mol. The molecule has 0 fully saturated rings. The van der Waals surface area contributed by atoms with Gasteiger partial charge in [0.2, 0.25) is 0 Å². The molecule has 0 saturated carbocycles. The van der Waals surface area contributed by atoms with E-state index in [0.29, 0.717) is 11.3 Å². The fourth-order valence-electron chi connectivity index (χ4n) is 3.19. The average molecular weight is 438 g/mol. The van der Waals surface area contributed by atoms with Gasteiger partial charge in [0.25, 0.3) is 5.91 Å². The molecule has 1 amide bonds. The van der Waals surface area contributed by atoms with E-state index in [9.17, 15) is 19.2 Å². The summed E-state index contributed by atoms with van der Waals surface area (Å²) in [5.41, 5.74) is 2.93. The first kappa shape index (κ1) is 21.8. The molecule has 156 valence electrons. The number of carbonyl (C=O) groups is 2. The summed E-state index contributed by atoms with van der Waals surface area (Å²) >= 11 is 5.90. The number of nitrogens with zero attached hydrogens (tertiary/aromatic N) is 2. The van der Waals surface area contributed by atoms with Crippen molar-refractivity contribution in [3.8, 4) is 11.8 Å². The van der Waals surface area contributed by atoms with Gasteiger partial charge in [-0.2, -0.15) is 5.26 Å². The van der Waals surface area contributed by atoms with Crippen molar-refractivity contribution in [2.75, 3.05) is 5.32 Å². The topological polar surface area (TPSA) is 95.1 Å². The molecule has 1 aromatic heterocycles. The van der Waals surface area contributed by atoms with Crippen LogP contribution < -0.4 is 5.32 Å². The van der Waals surface area contributed by atoms with Gasteiger partial charge in [-0.3, -0.25) is 4.79 Å². The smallest absolute Gasteiger partial charge is 0.335 e. The summed E-state index contributed by atoms with van der Waals surface area (Å²) in [5.74, 6) is -2.32. The summed E-state index contributed by atoms with van der Waals surface area (Å²) in [6, 6.07) is 13.8. The highest BCUT2D eigenvalue weighted by molar-refractivity contribution is 6.30. The molecule has 0 aliphatic rings. The van der Waals surface area contributed by atoms with Gasteiger partial charge in [-0.1, -0.05) is 17.7 Å². The summed E-state index contributed by atoms with van der Waals surface area (Å²) in [5, 5.41) is 21.1. The summed E-state index contributed by atoms with van der Waals surface area (Å²) in [6.45, 7) is 3.64. The van der Waals surface area contributed by atoms with E-state index < -0.39 is 17.7 Å². The zero-order valence-corrected chi connectivity index (χ0v) is 17.4. The zero-order chi connectivity index (χ0) is 22.7. The van der Waals surface area contributed by atoms with Crippen molar-refractivity contribution in [1.82, 2.24) is 4.57 Å². The summed E-state index contributed by atoms with van der Waals surface area (Å²) < 4.78 is 15.3. The zero-order valence-electron chi connectivity index (χ0n) is 16.6. The maximum Gasteiger partial charge on any atom is 0.335 e. The Kier molecular flexibility index (Phi) is 6.23. The minimum absolute atomic E-state index is 0.0113. The van der Waals surface area contributed by atoms with Crippen LogP contribution in [0.5, 0.6) is 0 Å². The standard InChI is InChI=1S/C23H17ClFN3O3/c1-13-8-16(14(2)28(13)19-6-7-21(25)20(24)11-19)9-17(12-26)22(29)27-18-5-3-4-15(10-18)23(30)31/h3-11H,1-2H3,(H,27,29)(H,30,31)/b17-9-. The summed E-state index contributed by atoms with van der Waals surface area (Å²) in [4.78, 5) is 23.7. The highest BCUT2D eigenvalue weighted by atomic mass is 35.5. The number of rotatable bonds is 5. The van der Waals surface area contributed by atoms with Crippen LogP contribution in [0.1, 0.15) is 27.3 Å². The number of amides is 1. The number of hydrogen-bond donors (Lipinski definition) is 2. The predicted molar refractivity (Wildman–Crippen MR) is 116 cm³/mol. The SMILES string of the molecule is Cc1cc(/C=C(/C#N)C(=O)Nc2cccc(C(=O)O)c2)c(C)n1-c1ccc(F)c(Cl)c1. The molecule has 0 bridgehead atoms. The average Bonchev–Trinajstić information content (AvgIpc) is 3.01. The number of nitriles is 1. The van der Waals surface area contributed by atoms with Gasteiger partial charge in [-0.05, 0) is 68.0 Å². The van der Waals surface area contributed by atoms with Crippen LogP contribution >= 0.6 is 11.6 Å². The number of aromatic nitrogens is 1. The van der Waals surface area contributed by atoms with E-state index >= 15 is 0 Å². The second kappa shape index (κ2) is 8.86. The Bertz CT molecular complexity index is 1270. The van der Waals surface area contributed by atoms with Gasteiger partial charge in [0.1, 0.15) is 17.5 Å². The molecule has 2 aromatic carbocycles. The number of carbonyl (C=O) groups excluding carboxylic acids is 1. The lowest BCUT2D eigenvalue weighted by Crippen LogP contribution is -2.14. The third-order valence-corrected chi connectivity index (χ3v) is 4.95. The van der Waals surface area contributed by atoms with Crippen LogP contribution in [0.25, 0.3) is 11.8 Å². The second-order valence-corrected chi connectivity index (χ2v) is 7.18. The highest BCUT2D eigenvalue weighted by Gasteiger charge is 2.15. The molecule has 3 aromatic rings. The second-order valence-electron chi connectivity index (χ2n) is 6.77. The van der Waals surface area contributed by atoms with Gasteiger partial charge in [0, 0.05) is 22.8 Å². The van der Waals surface area contributed by atoms with Gasteiger partial charge in [-0.25, -0.2) is 9.18 Å². The predicted octanol–water partition coefficient (Wildman–Crippen LogP) is 5.13.